The van der Waals surface area contributed by atoms with Gasteiger partial charge in [0, 0.05) is 40.6 Å². The number of aromatic nitrogens is 2. The second-order valence-electron chi connectivity index (χ2n) is 5.15. The number of fused-ring (bicyclic) bond motifs is 1. The summed E-state index contributed by atoms with van der Waals surface area (Å²) in [4.78, 5) is 23.3. The molecule has 0 unspecified atom stereocenters. The van der Waals surface area contributed by atoms with Crippen LogP contribution in [0.4, 0.5) is 0 Å². The lowest BCUT2D eigenvalue weighted by Gasteiger charge is -2.03. The highest BCUT2D eigenvalue weighted by molar-refractivity contribution is 7.99. The number of carbonyl (C=O) groups excluding carboxylic acids is 1. The van der Waals surface area contributed by atoms with E-state index >= 15 is 0 Å². The number of rotatable bonds is 7. The average Bonchev–Trinajstić information content (AvgIpc) is 3.09. The van der Waals surface area contributed by atoms with Crippen LogP contribution in [0, 0.1) is 0 Å². The van der Waals surface area contributed by atoms with Gasteiger partial charge in [-0.1, -0.05) is 18.2 Å². The Balaban J connectivity index is 1.52. The fourth-order valence-electron chi connectivity index (χ4n) is 2.37. The summed E-state index contributed by atoms with van der Waals surface area (Å²) in [5.74, 6) is 1.45. The molecule has 0 radical (unpaired) electrons. The predicted octanol–water partition coefficient (Wildman–Crippen LogP) is 3.09. The molecule has 0 spiro atoms. The first-order valence-electron chi connectivity index (χ1n) is 7.64. The van der Waals surface area contributed by atoms with Gasteiger partial charge in [0.2, 0.25) is 0 Å². The minimum Gasteiger partial charge on any atom is -0.360 e. The number of H-pyrrole nitrogens is 1. The highest BCUT2D eigenvalue weighted by Gasteiger charge is 2.11. The van der Waals surface area contributed by atoms with Crippen LogP contribution in [-0.2, 0) is 0 Å². The van der Waals surface area contributed by atoms with Gasteiger partial charge in [0.25, 0.3) is 0 Å². The molecule has 0 amide bonds. The van der Waals surface area contributed by atoms with Gasteiger partial charge in [-0.15, -0.1) is 11.8 Å². The molecule has 0 atom stereocenters. The van der Waals surface area contributed by atoms with Gasteiger partial charge < -0.3 is 4.98 Å². The summed E-state index contributed by atoms with van der Waals surface area (Å²) in [6.45, 7) is 3.52. The molecular weight excluding hydrogens is 334 g/mol. The van der Waals surface area contributed by atoms with Gasteiger partial charge in [-0.05, 0) is 24.9 Å². The summed E-state index contributed by atoms with van der Waals surface area (Å²) in [6, 6.07) is 11.4. The Hall–Kier alpha value is -2.93. The largest absolute Gasteiger partial charge is 0.360 e. The van der Waals surface area contributed by atoms with E-state index in [2.05, 4.69) is 32.2 Å². The zero-order chi connectivity index (χ0) is 17.5. The Morgan fingerprint density at radius 3 is 2.84 bits per heavy atom. The molecule has 0 saturated heterocycles. The maximum absolute atomic E-state index is 12.4. The number of thioether (sulfide) groups is 1. The average molecular weight is 351 g/mol. The van der Waals surface area contributed by atoms with Crippen molar-refractivity contribution in [1.82, 2.24) is 15.4 Å². The van der Waals surface area contributed by atoms with Gasteiger partial charge in [-0.2, -0.15) is 5.10 Å². The van der Waals surface area contributed by atoms with Crippen LogP contribution in [0.15, 0.2) is 65.1 Å². The summed E-state index contributed by atoms with van der Waals surface area (Å²) in [5, 5.41) is 5.15. The normalized spacial score (nSPS) is 11.4. The fourth-order valence-corrected chi connectivity index (χ4v) is 2.97. The van der Waals surface area contributed by atoms with Gasteiger partial charge in [0.15, 0.2) is 11.6 Å². The number of carbonyl (C=O) groups is 1. The number of hydrogen-bond acceptors (Lipinski definition) is 5. The van der Waals surface area contributed by atoms with Crippen LogP contribution >= 0.6 is 11.8 Å². The molecule has 126 valence electrons. The number of para-hydroxylation sites is 1. The fraction of sp³-hybridized carbons (Fsp3) is 0.111. The lowest BCUT2D eigenvalue weighted by molar-refractivity contribution is 0.102. The molecule has 0 aliphatic carbocycles. The monoisotopic (exact) mass is 351 g/mol. The zero-order valence-corrected chi connectivity index (χ0v) is 14.3. The van der Waals surface area contributed by atoms with Crippen LogP contribution in [0.2, 0.25) is 0 Å². The first kappa shape index (κ1) is 16.9. The van der Waals surface area contributed by atoms with Crippen molar-refractivity contribution in [2.45, 2.75) is 0 Å². The van der Waals surface area contributed by atoms with E-state index in [1.807, 2.05) is 36.4 Å². The molecule has 1 aromatic carbocycles. The summed E-state index contributed by atoms with van der Waals surface area (Å²) < 4.78 is 0. The highest BCUT2D eigenvalue weighted by atomic mass is 32.2. The molecule has 3 aromatic rings. The second kappa shape index (κ2) is 8.25. The van der Waals surface area contributed by atoms with Gasteiger partial charge in [-0.25, -0.2) is 4.99 Å². The Morgan fingerprint density at radius 2 is 2.04 bits per heavy atom. The maximum Gasteiger partial charge on any atom is 0.178 e. The third-order valence-electron chi connectivity index (χ3n) is 3.56. The number of benzene rings is 1. The molecule has 25 heavy (non-hydrogen) atoms. The second-order valence-corrected chi connectivity index (χ2v) is 6.14. The van der Waals surface area contributed by atoms with Crippen molar-refractivity contribution in [3.63, 3.8) is 0 Å². The highest BCUT2D eigenvalue weighted by Crippen LogP contribution is 2.19. The van der Waals surface area contributed by atoms with E-state index in [-0.39, 0.29) is 5.78 Å². The number of hydrogen-bond donors (Lipinski definition) is 2. The van der Waals surface area contributed by atoms with Crippen molar-refractivity contribution in [2.75, 3.05) is 11.6 Å². The maximum atomic E-state index is 12.4. The van der Waals surface area contributed by atoms with E-state index in [4.69, 9.17) is 0 Å². The van der Waals surface area contributed by atoms with Gasteiger partial charge >= 0.3 is 0 Å². The van der Waals surface area contributed by atoms with Crippen LogP contribution in [0.25, 0.3) is 10.9 Å². The molecule has 0 fully saturated rings. The van der Waals surface area contributed by atoms with E-state index in [0.717, 1.165) is 22.0 Å². The van der Waals surface area contributed by atoms with Crippen molar-refractivity contribution in [1.29, 1.82) is 0 Å². The molecule has 0 aliphatic heterocycles. The minimum atomic E-state index is 0.0874. The van der Waals surface area contributed by atoms with Crippen molar-refractivity contribution in [2.24, 2.45) is 10.1 Å². The number of nitrogens with zero attached hydrogens (tertiary/aromatic N) is 3. The number of hydrazone groups is 1. The Labute approximate surface area is 149 Å². The number of Topliss-reactive ketones (excluding diaryl/α,β-unsaturated/α-hetero) is 1. The SMILES string of the molecule is C=N/C(=N\NCSCC(=O)c1c[nH]c2ccccc12)c1ccncc1. The molecule has 6 nitrogen and oxygen atoms in total. The van der Waals surface area contributed by atoms with Crippen molar-refractivity contribution in [3.8, 4) is 0 Å². The minimum absolute atomic E-state index is 0.0874. The lowest BCUT2D eigenvalue weighted by Crippen LogP contribution is -2.11. The third kappa shape index (κ3) is 4.13. The number of pyridine rings is 1. The number of ketones is 1. The Bertz CT molecular complexity index is 904. The molecule has 2 aromatic heterocycles. The topological polar surface area (TPSA) is 82.5 Å². The number of aromatic amines is 1. The zero-order valence-electron chi connectivity index (χ0n) is 13.5. The molecule has 2 N–H and O–H groups in total. The predicted molar refractivity (Wildman–Crippen MR) is 103 cm³/mol. The molecular formula is C18H17N5OS. The summed E-state index contributed by atoms with van der Waals surface area (Å²) in [6.07, 6.45) is 5.11. The third-order valence-corrected chi connectivity index (χ3v) is 4.36. The van der Waals surface area contributed by atoms with Crippen LogP contribution in [0.1, 0.15) is 15.9 Å². The van der Waals surface area contributed by atoms with Crippen molar-refractivity contribution >= 4 is 41.0 Å². The summed E-state index contributed by atoms with van der Waals surface area (Å²) >= 11 is 1.46. The first-order valence-corrected chi connectivity index (χ1v) is 8.80. The van der Waals surface area contributed by atoms with Crippen LogP contribution in [-0.4, -0.2) is 39.9 Å². The van der Waals surface area contributed by atoms with Crippen molar-refractivity contribution in [3.05, 3.63) is 66.1 Å². The van der Waals surface area contributed by atoms with Gasteiger partial charge in [0.05, 0.1) is 11.6 Å². The number of nitrogens with one attached hydrogen (secondary N) is 2. The Morgan fingerprint density at radius 1 is 1.24 bits per heavy atom. The molecule has 3 rings (SSSR count). The standard InChI is InChI=1S/C18H17N5OS/c1-19-18(13-6-8-20-9-7-13)23-22-12-25-11-17(24)15-10-21-16-5-3-2-4-14(15)16/h2-10,21-22H,1,11-12H2/b23-18-. The van der Waals surface area contributed by atoms with E-state index in [1.165, 1.54) is 11.8 Å². The van der Waals surface area contributed by atoms with E-state index in [1.54, 1.807) is 18.6 Å². The number of aliphatic imine (C=N–C) groups is 1. The summed E-state index contributed by atoms with van der Waals surface area (Å²) in [5.41, 5.74) is 5.43. The lowest BCUT2D eigenvalue weighted by atomic mass is 10.1. The van der Waals surface area contributed by atoms with Crippen LogP contribution in [0.3, 0.4) is 0 Å². The van der Waals surface area contributed by atoms with Crippen molar-refractivity contribution < 1.29 is 4.79 Å². The van der Waals surface area contributed by atoms with Crippen LogP contribution < -0.4 is 5.43 Å². The first-order chi connectivity index (χ1) is 12.3. The van der Waals surface area contributed by atoms with E-state index in [0.29, 0.717) is 17.5 Å². The molecule has 0 bridgehead atoms. The van der Waals surface area contributed by atoms with Gasteiger partial charge in [-0.3, -0.25) is 15.2 Å². The smallest absolute Gasteiger partial charge is 0.178 e. The van der Waals surface area contributed by atoms with E-state index < -0.39 is 0 Å². The van der Waals surface area contributed by atoms with E-state index in [9.17, 15) is 4.79 Å². The number of amidine groups is 1. The van der Waals surface area contributed by atoms with Crippen LogP contribution in [0.5, 0.6) is 0 Å². The Kier molecular flexibility index (Phi) is 5.58. The molecule has 2 heterocycles. The molecule has 0 aliphatic rings. The molecule has 0 saturated carbocycles. The van der Waals surface area contributed by atoms with Gasteiger partial charge in [0.1, 0.15) is 0 Å². The quantitative estimate of drug-likeness (QED) is 0.171. The summed E-state index contributed by atoms with van der Waals surface area (Å²) in [7, 11) is 0. The molecule has 7 heteroatoms.